The van der Waals surface area contributed by atoms with E-state index in [1.54, 1.807) is 29.9 Å². The summed E-state index contributed by atoms with van der Waals surface area (Å²) in [7, 11) is 1.62. The van der Waals surface area contributed by atoms with Gasteiger partial charge in [0.1, 0.15) is 17.3 Å². The van der Waals surface area contributed by atoms with Crippen LogP contribution in [0.15, 0.2) is 72.8 Å². The molecule has 0 saturated heterocycles. The maximum absolute atomic E-state index is 14.3. The number of fused-ring (bicyclic) bond motifs is 1. The highest BCUT2D eigenvalue weighted by molar-refractivity contribution is 5.98. The van der Waals surface area contributed by atoms with Crippen LogP contribution in [0.4, 0.5) is 4.39 Å². The van der Waals surface area contributed by atoms with Crippen molar-refractivity contribution in [1.29, 1.82) is 0 Å². The Bertz CT molecular complexity index is 1230. The van der Waals surface area contributed by atoms with Crippen molar-refractivity contribution in [3.8, 4) is 5.75 Å². The van der Waals surface area contributed by atoms with E-state index in [-0.39, 0.29) is 18.1 Å². The highest BCUT2D eigenvalue weighted by Gasteiger charge is 2.22. The van der Waals surface area contributed by atoms with Gasteiger partial charge in [0, 0.05) is 35.1 Å². The van der Waals surface area contributed by atoms with Gasteiger partial charge in [-0.3, -0.25) is 0 Å². The lowest BCUT2D eigenvalue weighted by atomic mass is 10.1. The number of nitrogens with zero attached hydrogens (tertiary/aromatic N) is 1. The molecule has 4 aromatic rings. The van der Waals surface area contributed by atoms with Gasteiger partial charge in [-0.15, -0.1) is 0 Å². The van der Waals surface area contributed by atoms with Gasteiger partial charge in [0.05, 0.1) is 13.7 Å². The molecule has 0 bridgehead atoms. The summed E-state index contributed by atoms with van der Waals surface area (Å²) in [5.74, 6) is -0.618. The molecule has 0 unspecified atom stereocenters. The Hall–Kier alpha value is -3.64. The second-order valence-electron chi connectivity index (χ2n) is 7.28. The van der Waals surface area contributed by atoms with Gasteiger partial charge in [0.15, 0.2) is 0 Å². The molecule has 4 rings (SSSR count). The van der Waals surface area contributed by atoms with Crippen molar-refractivity contribution in [2.75, 3.05) is 7.11 Å². The fraction of sp³-hybridized carbons (Fsp3) is 0.160. The predicted molar refractivity (Wildman–Crippen MR) is 118 cm³/mol. The minimum absolute atomic E-state index is 0.144. The molecule has 0 atom stereocenters. The van der Waals surface area contributed by atoms with Gasteiger partial charge in [-0.25, -0.2) is 9.18 Å². The van der Waals surface area contributed by atoms with Crippen LogP contribution in [0.3, 0.4) is 0 Å². The summed E-state index contributed by atoms with van der Waals surface area (Å²) < 4.78 is 21.2. The van der Waals surface area contributed by atoms with Crippen molar-refractivity contribution in [2.45, 2.75) is 19.6 Å². The van der Waals surface area contributed by atoms with Gasteiger partial charge in [0.2, 0.25) is 0 Å². The Balaban J connectivity index is 1.68. The molecule has 5 nitrogen and oxygen atoms in total. The Kier molecular flexibility index (Phi) is 6.00. The third kappa shape index (κ3) is 4.29. The average molecular weight is 418 g/mol. The lowest BCUT2D eigenvalue weighted by molar-refractivity contribution is 0.0684. The van der Waals surface area contributed by atoms with Crippen LogP contribution in [0.2, 0.25) is 0 Å². The van der Waals surface area contributed by atoms with Gasteiger partial charge in [-0.2, -0.15) is 0 Å². The monoisotopic (exact) mass is 418 g/mol. The molecule has 0 spiro atoms. The molecule has 0 aliphatic heterocycles. The highest BCUT2D eigenvalue weighted by Crippen LogP contribution is 2.28. The average Bonchev–Trinajstić information content (AvgIpc) is 3.09. The number of hydrogen-bond donors (Lipinski definition) is 2. The van der Waals surface area contributed by atoms with Crippen LogP contribution >= 0.6 is 0 Å². The van der Waals surface area contributed by atoms with E-state index in [1.165, 1.54) is 6.07 Å². The van der Waals surface area contributed by atoms with Crippen molar-refractivity contribution in [3.05, 3.63) is 101 Å². The Morgan fingerprint density at radius 1 is 1.03 bits per heavy atom. The number of para-hydroxylation sites is 1. The number of ether oxygens (including phenoxy) is 1. The van der Waals surface area contributed by atoms with Crippen molar-refractivity contribution >= 4 is 16.9 Å². The summed E-state index contributed by atoms with van der Waals surface area (Å²) in [6.07, 6.45) is 0. The first-order valence-electron chi connectivity index (χ1n) is 9.99. The van der Waals surface area contributed by atoms with Crippen LogP contribution in [0.1, 0.15) is 27.2 Å². The normalized spacial score (nSPS) is 11.0. The number of nitrogens with one attached hydrogen (secondary N) is 1. The van der Waals surface area contributed by atoms with Gasteiger partial charge < -0.3 is 19.7 Å². The van der Waals surface area contributed by atoms with Crippen LogP contribution in [0, 0.1) is 5.82 Å². The topological polar surface area (TPSA) is 63.5 Å². The minimum atomic E-state index is -1.04. The summed E-state index contributed by atoms with van der Waals surface area (Å²) in [6.45, 7) is 1.07. The zero-order valence-corrected chi connectivity index (χ0v) is 17.1. The first-order valence-corrected chi connectivity index (χ1v) is 9.99. The molecule has 0 amide bonds. The second kappa shape index (κ2) is 9.02. The van der Waals surface area contributed by atoms with E-state index in [1.807, 2.05) is 48.5 Å². The quantitative estimate of drug-likeness (QED) is 0.430. The van der Waals surface area contributed by atoms with Crippen molar-refractivity contribution in [1.82, 2.24) is 9.88 Å². The molecular formula is C25H23FN2O3. The summed E-state index contributed by atoms with van der Waals surface area (Å²) >= 11 is 0. The molecule has 2 N–H and O–H groups in total. The van der Waals surface area contributed by atoms with Crippen molar-refractivity contribution in [3.63, 3.8) is 0 Å². The van der Waals surface area contributed by atoms with Gasteiger partial charge in [-0.1, -0.05) is 48.5 Å². The largest absolute Gasteiger partial charge is 0.497 e. The Morgan fingerprint density at radius 3 is 2.58 bits per heavy atom. The maximum Gasteiger partial charge on any atom is 0.352 e. The highest BCUT2D eigenvalue weighted by atomic mass is 19.1. The smallest absolute Gasteiger partial charge is 0.352 e. The number of rotatable bonds is 8. The lowest BCUT2D eigenvalue weighted by Crippen LogP contribution is -2.17. The summed E-state index contributed by atoms with van der Waals surface area (Å²) in [5.41, 5.74) is 3.10. The fourth-order valence-corrected chi connectivity index (χ4v) is 3.87. The number of carboxylic acid groups (broad SMARTS) is 1. The number of aromatic carboxylic acids is 1. The van der Waals surface area contributed by atoms with Gasteiger partial charge in [-0.05, 0) is 29.8 Å². The Labute approximate surface area is 179 Å². The summed E-state index contributed by atoms with van der Waals surface area (Å²) in [5, 5.41) is 14.2. The third-order valence-corrected chi connectivity index (χ3v) is 5.33. The van der Waals surface area contributed by atoms with Crippen LogP contribution < -0.4 is 10.1 Å². The van der Waals surface area contributed by atoms with E-state index in [0.717, 1.165) is 22.2 Å². The number of carboxylic acids is 1. The molecule has 3 aromatic carbocycles. The number of methoxy groups -OCH3 is 1. The van der Waals surface area contributed by atoms with Crippen LogP contribution in [-0.2, 0) is 19.6 Å². The molecule has 1 heterocycles. The van der Waals surface area contributed by atoms with Crippen LogP contribution in [-0.4, -0.2) is 22.8 Å². The maximum atomic E-state index is 14.3. The first-order chi connectivity index (χ1) is 15.1. The van der Waals surface area contributed by atoms with E-state index in [2.05, 4.69) is 5.32 Å². The number of halogens is 1. The molecule has 0 aliphatic rings. The van der Waals surface area contributed by atoms with E-state index in [9.17, 15) is 14.3 Å². The third-order valence-electron chi connectivity index (χ3n) is 5.33. The van der Waals surface area contributed by atoms with Crippen LogP contribution in [0.25, 0.3) is 10.9 Å². The summed E-state index contributed by atoms with van der Waals surface area (Å²) in [4.78, 5) is 12.2. The van der Waals surface area contributed by atoms with E-state index in [4.69, 9.17) is 4.74 Å². The zero-order valence-electron chi connectivity index (χ0n) is 17.1. The molecule has 0 saturated carbocycles. The molecule has 0 fully saturated rings. The minimum Gasteiger partial charge on any atom is -0.497 e. The van der Waals surface area contributed by atoms with E-state index in [0.29, 0.717) is 24.2 Å². The van der Waals surface area contributed by atoms with Crippen molar-refractivity contribution in [2.24, 2.45) is 0 Å². The molecule has 158 valence electrons. The second-order valence-corrected chi connectivity index (χ2v) is 7.28. The summed E-state index contributed by atoms with van der Waals surface area (Å²) in [6, 6.07) is 21.7. The number of hydrogen-bond acceptors (Lipinski definition) is 3. The van der Waals surface area contributed by atoms with Gasteiger partial charge >= 0.3 is 5.97 Å². The Morgan fingerprint density at radius 2 is 1.81 bits per heavy atom. The number of benzene rings is 3. The lowest BCUT2D eigenvalue weighted by Gasteiger charge is -2.11. The fourth-order valence-electron chi connectivity index (χ4n) is 3.87. The van der Waals surface area contributed by atoms with E-state index < -0.39 is 5.97 Å². The molecular weight excluding hydrogens is 395 g/mol. The van der Waals surface area contributed by atoms with Crippen molar-refractivity contribution < 1.29 is 19.0 Å². The van der Waals surface area contributed by atoms with E-state index >= 15 is 0 Å². The molecule has 0 aliphatic carbocycles. The first kappa shape index (κ1) is 20.6. The number of carbonyl (C=O) groups is 1. The zero-order chi connectivity index (χ0) is 21.8. The van der Waals surface area contributed by atoms with Gasteiger partial charge in [0.25, 0.3) is 0 Å². The molecule has 31 heavy (non-hydrogen) atoms. The van der Waals surface area contributed by atoms with Crippen LogP contribution in [0.5, 0.6) is 5.75 Å². The predicted octanol–water partition coefficient (Wildman–Crippen LogP) is 4.83. The SMILES string of the molecule is COc1cccc(CNCc2c(C(=O)O)n(Cc3ccccc3F)c3ccccc23)c1. The molecule has 1 aromatic heterocycles. The molecule has 0 radical (unpaired) electrons. The standard InChI is InChI=1S/C25H23FN2O3/c1-31-19-9-6-7-17(13-19)14-27-15-21-20-10-3-5-12-23(20)28(24(21)25(29)30)16-18-8-2-4-11-22(18)26/h2-13,27H,14-16H2,1H3,(H,29,30). The molecule has 6 heteroatoms. The number of aromatic nitrogens is 1.